The molecule has 0 saturated heterocycles. The Balaban J connectivity index is 2.47. The van der Waals surface area contributed by atoms with Gasteiger partial charge >= 0.3 is 0 Å². The first kappa shape index (κ1) is 10.4. The Morgan fingerprint density at radius 1 is 1.40 bits per heavy atom. The van der Waals surface area contributed by atoms with Gasteiger partial charge in [0.25, 0.3) is 0 Å². The van der Waals surface area contributed by atoms with Gasteiger partial charge in [-0.3, -0.25) is 4.99 Å². The summed E-state index contributed by atoms with van der Waals surface area (Å²) in [7, 11) is 0. The Morgan fingerprint density at radius 2 is 2.20 bits per heavy atom. The van der Waals surface area contributed by atoms with E-state index in [4.69, 9.17) is 4.99 Å². The minimum Gasteiger partial charge on any atom is -0.289 e. The fourth-order valence-electron chi connectivity index (χ4n) is 2.26. The van der Waals surface area contributed by atoms with Crippen molar-refractivity contribution in [3.05, 3.63) is 34.9 Å². The molecule has 1 heterocycles. The van der Waals surface area contributed by atoms with Crippen molar-refractivity contribution >= 4 is 5.71 Å². The molecule has 0 fully saturated rings. The monoisotopic (exact) mass is 201 g/mol. The number of aryl methyl sites for hydroxylation is 1. The van der Waals surface area contributed by atoms with Crippen molar-refractivity contribution in [1.82, 2.24) is 0 Å². The number of aliphatic imine (C=N–C) groups is 1. The molecule has 1 nitrogen and oxygen atoms in total. The van der Waals surface area contributed by atoms with Crippen LogP contribution in [0.4, 0.5) is 0 Å². The first-order valence-electron chi connectivity index (χ1n) is 5.87. The summed E-state index contributed by atoms with van der Waals surface area (Å²) >= 11 is 0. The van der Waals surface area contributed by atoms with Crippen LogP contribution in [0.1, 0.15) is 37.0 Å². The largest absolute Gasteiger partial charge is 0.289 e. The molecule has 0 N–H and O–H groups in total. The first-order chi connectivity index (χ1) is 7.24. The molecular weight excluding hydrogens is 182 g/mol. The molecule has 2 rings (SSSR count). The number of rotatable bonds is 2. The van der Waals surface area contributed by atoms with Crippen LogP contribution in [-0.4, -0.2) is 12.3 Å². The lowest BCUT2D eigenvalue weighted by Crippen LogP contribution is -2.20. The summed E-state index contributed by atoms with van der Waals surface area (Å²) in [4.78, 5) is 4.70. The summed E-state index contributed by atoms with van der Waals surface area (Å²) in [5, 5.41) is 0. The predicted octanol–water partition coefficient (Wildman–Crippen LogP) is 3.39. The highest BCUT2D eigenvalue weighted by molar-refractivity contribution is 6.04. The normalized spacial score (nSPS) is 16.9. The average molecular weight is 201 g/mol. The van der Waals surface area contributed by atoms with E-state index in [1.54, 1.807) is 0 Å². The summed E-state index contributed by atoms with van der Waals surface area (Å²) in [5.41, 5.74) is 5.66. The minimum atomic E-state index is 0.589. The summed E-state index contributed by atoms with van der Waals surface area (Å²) in [6, 6.07) is 6.59. The van der Waals surface area contributed by atoms with Crippen LogP contribution in [-0.2, 0) is 6.42 Å². The van der Waals surface area contributed by atoms with Crippen LogP contribution in [0, 0.1) is 12.8 Å². The zero-order valence-corrected chi connectivity index (χ0v) is 9.88. The van der Waals surface area contributed by atoms with Crippen molar-refractivity contribution < 1.29 is 0 Å². The second kappa shape index (κ2) is 4.18. The van der Waals surface area contributed by atoms with E-state index in [9.17, 15) is 0 Å². The standard InChI is InChI=1S/C14H19N/c1-4-10(2)14-13-7-5-6-11(3)12(13)8-9-15-14/h5-7,10H,4,8-9H2,1-3H3. The van der Waals surface area contributed by atoms with Gasteiger partial charge in [0.1, 0.15) is 0 Å². The highest BCUT2D eigenvalue weighted by Gasteiger charge is 2.18. The number of fused-ring (bicyclic) bond motifs is 1. The molecule has 0 amide bonds. The third kappa shape index (κ3) is 1.83. The van der Waals surface area contributed by atoms with Gasteiger partial charge in [-0.05, 0) is 42.4 Å². The first-order valence-corrected chi connectivity index (χ1v) is 5.87. The maximum atomic E-state index is 4.70. The number of hydrogen-bond acceptors (Lipinski definition) is 1. The fourth-order valence-corrected chi connectivity index (χ4v) is 2.26. The lowest BCUT2D eigenvalue weighted by atomic mass is 9.87. The van der Waals surface area contributed by atoms with Crippen LogP contribution in [0.2, 0.25) is 0 Å². The van der Waals surface area contributed by atoms with Crippen LogP contribution in [0.5, 0.6) is 0 Å². The zero-order valence-electron chi connectivity index (χ0n) is 9.88. The summed E-state index contributed by atoms with van der Waals surface area (Å²) < 4.78 is 0. The van der Waals surface area contributed by atoms with Gasteiger partial charge < -0.3 is 0 Å². The Morgan fingerprint density at radius 3 is 2.93 bits per heavy atom. The molecule has 0 spiro atoms. The predicted molar refractivity (Wildman–Crippen MR) is 65.7 cm³/mol. The molecule has 80 valence electrons. The molecule has 1 aliphatic rings. The van der Waals surface area contributed by atoms with Gasteiger partial charge in [0.2, 0.25) is 0 Å². The average Bonchev–Trinajstić information content (AvgIpc) is 2.28. The maximum Gasteiger partial charge on any atom is 0.0451 e. The molecule has 1 heteroatoms. The SMILES string of the molecule is CCC(C)C1=NCCc2c(C)cccc21. The Bertz CT molecular complexity index is 390. The molecule has 1 unspecified atom stereocenters. The third-order valence-corrected chi connectivity index (χ3v) is 3.41. The van der Waals surface area contributed by atoms with E-state index in [-0.39, 0.29) is 0 Å². The summed E-state index contributed by atoms with van der Waals surface area (Å²) in [6.07, 6.45) is 2.29. The molecule has 15 heavy (non-hydrogen) atoms. The lowest BCUT2D eigenvalue weighted by molar-refractivity contribution is 0.726. The van der Waals surface area contributed by atoms with Gasteiger partial charge in [-0.25, -0.2) is 0 Å². The molecular formula is C14H19N. The van der Waals surface area contributed by atoms with Gasteiger partial charge in [0.15, 0.2) is 0 Å². The molecule has 1 aliphatic heterocycles. The number of benzene rings is 1. The van der Waals surface area contributed by atoms with Crippen LogP contribution in [0.3, 0.4) is 0 Å². The fraction of sp³-hybridized carbons (Fsp3) is 0.500. The topological polar surface area (TPSA) is 12.4 Å². The van der Waals surface area contributed by atoms with Crippen molar-refractivity contribution in [2.75, 3.05) is 6.54 Å². The van der Waals surface area contributed by atoms with Crippen LogP contribution >= 0.6 is 0 Å². The van der Waals surface area contributed by atoms with Crippen molar-refractivity contribution in [1.29, 1.82) is 0 Å². The molecule has 1 aromatic rings. The quantitative estimate of drug-likeness (QED) is 0.695. The van der Waals surface area contributed by atoms with E-state index in [0.717, 1.165) is 13.0 Å². The van der Waals surface area contributed by atoms with E-state index in [0.29, 0.717) is 5.92 Å². The van der Waals surface area contributed by atoms with Crippen LogP contribution in [0.25, 0.3) is 0 Å². The van der Waals surface area contributed by atoms with Gasteiger partial charge in [-0.1, -0.05) is 32.0 Å². The minimum absolute atomic E-state index is 0.589. The van der Waals surface area contributed by atoms with Gasteiger partial charge in [-0.2, -0.15) is 0 Å². The highest BCUT2D eigenvalue weighted by Crippen LogP contribution is 2.24. The zero-order chi connectivity index (χ0) is 10.8. The van der Waals surface area contributed by atoms with Crippen LogP contribution < -0.4 is 0 Å². The molecule has 1 atom stereocenters. The lowest BCUT2D eigenvalue weighted by Gasteiger charge is -2.22. The Kier molecular flexibility index (Phi) is 2.90. The number of nitrogens with zero attached hydrogens (tertiary/aromatic N) is 1. The molecule has 0 bridgehead atoms. The van der Waals surface area contributed by atoms with Crippen molar-refractivity contribution in [2.45, 2.75) is 33.6 Å². The van der Waals surface area contributed by atoms with E-state index in [1.165, 1.54) is 28.8 Å². The molecule has 1 aromatic carbocycles. The smallest absolute Gasteiger partial charge is 0.0451 e. The Labute approximate surface area is 92.2 Å². The number of hydrogen-bond donors (Lipinski definition) is 0. The van der Waals surface area contributed by atoms with Gasteiger partial charge in [0, 0.05) is 12.3 Å². The highest BCUT2D eigenvalue weighted by atomic mass is 14.8. The van der Waals surface area contributed by atoms with Gasteiger partial charge in [-0.15, -0.1) is 0 Å². The molecule has 0 aromatic heterocycles. The van der Waals surface area contributed by atoms with Crippen molar-refractivity contribution in [3.63, 3.8) is 0 Å². The Hall–Kier alpha value is -1.11. The second-order valence-electron chi connectivity index (χ2n) is 4.43. The molecule has 0 saturated carbocycles. The molecule has 0 radical (unpaired) electrons. The van der Waals surface area contributed by atoms with E-state index < -0.39 is 0 Å². The summed E-state index contributed by atoms with van der Waals surface area (Å²) in [5.74, 6) is 0.589. The van der Waals surface area contributed by atoms with Crippen molar-refractivity contribution in [3.8, 4) is 0 Å². The maximum absolute atomic E-state index is 4.70. The summed E-state index contributed by atoms with van der Waals surface area (Å²) in [6.45, 7) is 7.68. The second-order valence-corrected chi connectivity index (χ2v) is 4.43. The third-order valence-electron chi connectivity index (χ3n) is 3.41. The van der Waals surface area contributed by atoms with E-state index in [1.807, 2.05) is 0 Å². The molecule has 0 aliphatic carbocycles. The van der Waals surface area contributed by atoms with Crippen LogP contribution in [0.15, 0.2) is 23.2 Å². The van der Waals surface area contributed by atoms with E-state index in [2.05, 4.69) is 39.0 Å². The van der Waals surface area contributed by atoms with Gasteiger partial charge in [0.05, 0.1) is 0 Å². The van der Waals surface area contributed by atoms with E-state index >= 15 is 0 Å². The van der Waals surface area contributed by atoms with Crippen molar-refractivity contribution in [2.24, 2.45) is 10.9 Å².